The van der Waals surface area contributed by atoms with Crippen molar-refractivity contribution < 1.29 is 18.5 Å². The first-order valence-electron chi connectivity index (χ1n) is 10.9. The smallest absolute Gasteiger partial charge is 0.254 e. The van der Waals surface area contributed by atoms with Crippen molar-refractivity contribution in [3.05, 3.63) is 51.6 Å². The summed E-state index contributed by atoms with van der Waals surface area (Å²) in [4.78, 5) is 24.6. The van der Waals surface area contributed by atoms with Crippen molar-refractivity contribution in [3.63, 3.8) is 0 Å². The van der Waals surface area contributed by atoms with E-state index in [2.05, 4.69) is 31.0 Å². The van der Waals surface area contributed by atoms with Crippen LogP contribution < -0.4 is 11.5 Å². The number of hydrogen-bond acceptors (Lipinski definition) is 6. The number of Topliss-reactive ketones (excluding diaryl/α,β-unsaturated/α-hetero) is 1. The summed E-state index contributed by atoms with van der Waals surface area (Å²) in [7, 11) is 0. The molecular weight excluding hydrogens is 461 g/mol. The third kappa shape index (κ3) is 5.47. The molecule has 0 saturated carbocycles. The number of benzene rings is 1. The Bertz CT molecular complexity index is 1240. The molecule has 8 nitrogen and oxygen atoms in total. The van der Waals surface area contributed by atoms with Gasteiger partial charge in [-0.15, -0.1) is 0 Å². The van der Waals surface area contributed by atoms with Crippen LogP contribution in [0.5, 0.6) is 0 Å². The van der Waals surface area contributed by atoms with Crippen LogP contribution in [0.3, 0.4) is 0 Å². The Morgan fingerprint density at radius 2 is 1.91 bits per heavy atom. The number of nitrogens with two attached hydrogens (primary N) is 2. The highest BCUT2D eigenvalue weighted by Gasteiger charge is 2.26. The molecule has 182 valence electrons. The fourth-order valence-electron chi connectivity index (χ4n) is 3.72. The van der Waals surface area contributed by atoms with Crippen LogP contribution in [0.15, 0.2) is 22.7 Å². The van der Waals surface area contributed by atoms with Crippen LogP contribution in [0.4, 0.5) is 10.2 Å². The molecule has 0 aliphatic carbocycles. The number of carbonyl (C=O) groups excluding carboxylic acids is 2. The Morgan fingerprint density at radius 1 is 1.24 bits per heavy atom. The van der Waals surface area contributed by atoms with E-state index in [1.54, 1.807) is 6.07 Å². The van der Waals surface area contributed by atoms with Gasteiger partial charge < -0.3 is 16.0 Å². The molecule has 3 rings (SSSR count). The van der Waals surface area contributed by atoms with E-state index in [0.29, 0.717) is 12.2 Å². The van der Waals surface area contributed by atoms with Gasteiger partial charge in [0.25, 0.3) is 5.91 Å². The van der Waals surface area contributed by atoms with E-state index in [1.165, 1.54) is 16.8 Å². The predicted molar refractivity (Wildman–Crippen MR) is 128 cm³/mol. The van der Waals surface area contributed by atoms with Gasteiger partial charge in [0.05, 0.1) is 17.1 Å². The Labute approximate surface area is 202 Å². The molecule has 0 radical (unpaired) electrons. The van der Waals surface area contributed by atoms with E-state index in [0.717, 1.165) is 5.69 Å². The van der Waals surface area contributed by atoms with Crippen LogP contribution in [0.1, 0.15) is 68.0 Å². The van der Waals surface area contributed by atoms with Gasteiger partial charge in [-0.3, -0.25) is 9.59 Å². The van der Waals surface area contributed by atoms with Crippen LogP contribution in [0.2, 0.25) is 5.02 Å². The normalized spacial score (nSPS) is 11.9. The zero-order valence-corrected chi connectivity index (χ0v) is 20.7. The molecule has 2 heterocycles. The second-order valence-electron chi connectivity index (χ2n) is 9.83. The predicted octanol–water partition coefficient (Wildman–Crippen LogP) is 4.54. The number of hydrogen-bond donors (Lipinski definition) is 2. The number of halogens is 2. The lowest BCUT2D eigenvalue weighted by Crippen LogP contribution is -2.15. The van der Waals surface area contributed by atoms with Gasteiger partial charge in [-0.2, -0.15) is 5.10 Å². The standard InChI is InChI=1S/C24H29ClFN5O3/c1-12(2)31-22(27)18(23(28)33)21(29-31)17-7-6-13(20(26)19(17)25)8-15(32)10-16-9-14(30-34-16)11-24(3,4)5/h6-7,9,12H,8,10-11,27H2,1-5H3,(H2,28,33). The van der Waals surface area contributed by atoms with Gasteiger partial charge in [-0.25, -0.2) is 9.07 Å². The Kier molecular flexibility index (Phi) is 7.16. The first kappa shape index (κ1) is 25.4. The molecule has 0 atom stereocenters. The molecule has 0 unspecified atom stereocenters. The van der Waals surface area contributed by atoms with Gasteiger partial charge >= 0.3 is 0 Å². The highest BCUT2D eigenvalue weighted by Crippen LogP contribution is 2.36. The van der Waals surface area contributed by atoms with Crippen molar-refractivity contribution in [2.45, 2.75) is 59.9 Å². The van der Waals surface area contributed by atoms with Gasteiger partial charge in [0, 0.05) is 24.1 Å². The van der Waals surface area contributed by atoms with Gasteiger partial charge in [-0.1, -0.05) is 49.7 Å². The topological polar surface area (TPSA) is 130 Å². The van der Waals surface area contributed by atoms with Crippen LogP contribution in [0.25, 0.3) is 11.3 Å². The molecule has 2 aromatic heterocycles. The molecule has 4 N–H and O–H groups in total. The average Bonchev–Trinajstić information content (AvgIpc) is 3.27. The van der Waals surface area contributed by atoms with Gasteiger partial charge in [-0.05, 0) is 31.2 Å². The Hall–Kier alpha value is -3.20. The minimum Gasteiger partial charge on any atom is -0.383 e. The first-order chi connectivity index (χ1) is 15.8. The lowest BCUT2D eigenvalue weighted by molar-refractivity contribution is -0.118. The number of rotatable bonds is 8. The maximum Gasteiger partial charge on any atom is 0.254 e. The monoisotopic (exact) mass is 489 g/mol. The first-order valence-corrected chi connectivity index (χ1v) is 11.3. The molecule has 0 bridgehead atoms. The van der Waals surface area contributed by atoms with E-state index in [1.807, 2.05) is 13.8 Å². The zero-order valence-electron chi connectivity index (χ0n) is 19.9. The summed E-state index contributed by atoms with van der Waals surface area (Å²) < 4.78 is 21.8. The van der Waals surface area contributed by atoms with E-state index < -0.39 is 11.7 Å². The third-order valence-corrected chi connectivity index (χ3v) is 5.55. The SMILES string of the molecule is CC(C)n1nc(-c2ccc(CC(=O)Cc3cc(CC(C)(C)C)no3)c(F)c2Cl)c(C(N)=O)c1N. The Morgan fingerprint density at radius 3 is 2.50 bits per heavy atom. The average molecular weight is 490 g/mol. The summed E-state index contributed by atoms with van der Waals surface area (Å²) in [6.07, 6.45) is 0.504. The van der Waals surface area contributed by atoms with E-state index in [4.69, 9.17) is 27.6 Å². The lowest BCUT2D eigenvalue weighted by Gasteiger charge is -2.14. The number of primary amides is 1. The molecule has 1 amide bonds. The summed E-state index contributed by atoms with van der Waals surface area (Å²) in [6, 6.07) is 4.53. The number of anilines is 1. The maximum atomic E-state index is 15.1. The summed E-state index contributed by atoms with van der Waals surface area (Å²) in [5.74, 6) is -1.33. The second-order valence-corrected chi connectivity index (χ2v) is 10.2. The van der Waals surface area contributed by atoms with Gasteiger partial charge in [0.2, 0.25) is 0 Å². The van der Waals surface area contributed by atoms with Crippen LogP contribution in [-0.4, -0.2) is 26.6 Å². The maximum absolute atomic E-state index is 15.1. The van der Waals surface area contributed by atoms with Crippen molar-refractivity contribution >= 4 is 29.1 Å². The molecular formula is C24H29ClFN5O3. The summed E-state index contributed by atoms with van der Waals surface area (Å²) in [5, 5.41) is 8.06. The van der Waals surface area contributed by atoms with E-state index in [9.17, 15) is 9.59 Å². The number of carbonyl (C=O) groups is 2. The van der Waals surface area contributed by atoms with Gasteiger partial charge in [0.15, 0.2) is 0 Å². The minimum atomic E-state index is -0.798. The fraction of sp³-hybridized carbons (Fsp3) is 0.417. The number of ketones is 1. The minimum absolute atomic E-state index is 0.0168. The quantitative estimate of drug-likeness (QED) is 0.477. The largest absolute Gasteiger partial charge is 0.383 e. The van der Waals surface area contributed by atoms with Crippen molar-refractivity contribution in [1.82, 2.24) is 14.9 Å². The molecule has 3 aromatic rings. The summed E-state index contributed by atoms with van der Waals surface area (Å²) in [6.45, 7) is 9.90. The van der Waals surface area contributed by atoms with Crippen molar-refractivity contribution in [2.75, 3.05) is 5.73 Å². The molecule has 10 heteroatoms. The molecule has 0 spiro atoms. The number of amides is 1. The van der Waals surface area contributed by atoms with Crippen LogP contribution in [-0.2, 0) is 24.1 Å². The van der Waals surface area contributed by atoms with Crippen molar-refractivity contribution in [2.24, 2.45) is 11.1 Å². The van der Waals surface area contributed by atoms with Crippen LogP contribution in [0, 0.1) is 11.2 Å². The summed E-state index contributed by atoms with van der Waals surface area (Å²) >= 11 is 6.30. The molecule has 0 fully saturated rings. The number of aromatic nitrogens is 3. The highest BCUT2D eigenvalue weighted by atomic mass is 35.5. The number of nitrogens with zero attached hydrogens (tertiary/aromatic N) is 3. The lowest BCUT2D eigenvalue weighted by atomic mass is 9.90. The van der Waals surface area contributed by atoms with E-state index >= 15 is 4.39 Å². The van der Waals surface area contributed by atoms with Crippen LogP contribution >= 0.6 is 11.6 Å². The molecule has 0 aliphatic rings. The Balaban J connectivity index is 1.84. The fourth-order valence-corrected chi connectivity index (χ4v) is 3.99. The molecule has 34 heavy (non-hydrogen) atoms. The molecule has 1 aromatic carbocycles. The van der Waals surface area contributed by atoms with E-state index in [-0.39, 0.29) is 63.3 Å². The third-order valence-electron chi connectivity index (χ3n) is 5.18. The zero-order chi connectivity index (χ0) is 25.4. The van der Waals surface area contributed by atoms with Gasteiger partial charge in [0.1, 0.15) is 34.4 Å². The van der Waals surface area contributed by atoms with Crippen molar-refractivity contribution in [3.8, 4) is 11.3 Å². The molecule has 0 aliphatic heterocycles. The highest BCUT2D eigenvalue weighted by molar-refractivity contribution is 6.33. The van der Waals surface area contributed by atoms with Crippen molar-refractivity contribution in [1.29, 1.82) is 0 Å². The second kappa shape index (κ2) is 9.58. The number of nitrogen functional groups attached to an aromatic ring is 1. The summed E-state index contributed by atoms with van der Waals surface area (Å²) in [5.41, 5.74) is 12.7. The molecule has 0 saturated heterocycles.